The minimum Gasteiger partial charge on any atom is -0.349 e. The van der Waals surface area contributed by atoms with Crippen LogP contribution in [0.2, 0.25) is 0 Å². The van der Waals surface area contributed by atoms with Crippen molar-refractivity contribution in [3.8, 4) is 0 Å². The molecule has 3 rings (SSSR count). The zero-order chi connectivity index (χ0) is 18.1. The largest absolute Gasteiger partial charge is 0.349 e. The van der Waals surface area contributed by atoms with Crippen LogP contribution in [0.25, 0.3) is 10.2 Å². The topological polar surface area (TPSA) is 64.0 Å². The van der Waals surface area contributed by atoms with Crippen LogP contribution in [0, 0.1) is 12.7 Å². The maximum Gasteiger partial charge on any atom is 0.262 e. The van der Waals surface area contributed by atoms with E-state index in [4.69, 9.17) is 0 Å². The Labute approximate surface area is 148 Å². The van der Waals surface area contributed by atoms with Gasteiger partial charge in [0.15, 0.2) is 0 Å². The third kappa shape index (κ3) is 3.32. The molecule has 0 bridgehead atoms. The Kier molecular flexibility index (Phi) is 4.67. The number of nitrogens with zero attached hydrogens (tertiary/aromatic N) is 2. The quantitative estimate of drug-likeness (QED) is 0.779. The maximum atomic E-state index is 13.8. The highest BCUT2D eigenvalue weighted by Gasteiger charge is 2.20. The van der Waals surface area contributed by atoms with Gasteiger partial charge in [0.1, 0.15) is 10.6 Å². The summed E-state index contributed by atoms with van der Waals surface area (Å²) < 4.78 is 15.2. The molecule has 25 heavy (non-hydrogen) atoms. The zero-order valence-corrected chi connectivity index (χ0v) is 15.0. The van der Waals surface area contributed by atoms with Crippen LogP contribution >= 0.6 is 11.3 Å². The van der Waals surface area contributed by atoms with Crippen LogP contribution in [-0.4, -0.2) is 21.5 Å². The number of rotatable bonds is 4. The van der Waals surface area contributed by atoms with Gasteiger partial charge in [0, 0.05) is 11.6 Å². The van der Waals surface area contributed by atoms with Crippen molar-refractivity contribution in [2.75, 3.05) is 0 Å². The minimum absolute atomic E-state index is 0.00258. The van der Waals surface area contributed by atoms with E-state index in [-0.39, 0.29) is 29.9 Å². The van der Waals surface area contributed by atoms with E-state index < -0.39 is 0 Å². The summed E-state index contributed by atoms with van der Waals surface area (Å²) >= 11 is 1.20. The van der Waals surface area contributed by atoms with Crippen LogP contribution < -0.4 is 10.9 Å². The molecule has 2 aromatic heterocycles. The number of hydrogen-bond acceptors (Lipinski definition) is 4. The lowest BCUT2D eigenvalue weighted by molar-refractivity contribution is 0.0946. The second-order valence-corrected chi connectivity index (χ2v) is 7.13. The summed E-state index contributed by atoms with van der Waals surface area (Å²) in [4.78, 5) is 30.4. The Morgan fingerprint density at radius 1 is 1.36 bits per heavy atom. The Bertz CT molecular complexity index is 1010. The lowest BCUT2D eigenvalue weighted by atomic mass is 10.2. The van der Waals surface area contributed by atoms with Crippen molar-refractivity contribution in [2.45, 2.75) is 33.4 Å². The van der Waals surface area contributed by atoms with Gasteiger partial charge in [-0.05, 0) is 32.4 Å². The van der Waals surface area contributed by atoms with Crippen LogP contribution in [-0.2, 0) is 6.54 Å². The van der Waals surface area contributed by atoms with Crippen molar-refractivity contribution in [1.29, 1.82) is 0 Å². The van der Waals surface area contributed by atoms with E-state index in [0.717, 1.165) is 0 Å². The molecule has 0 radical (unpaired) electrons. The van der Waals surface area contributed by atoms with Gasteiger partial charge in [-0.25, -0.2) is 9.37 Å². The third-order valence-electron chi connectivity index (χ3n) is 3.84. The minimum atomic E-state index is -0.367. The first-order valence-corrected chi connectivity index (χ1v) is 8.73. The number of fused-ring (bicyclic) bond motifs is 1. The van der Waals surface area contributed by atoms with E-state index in [1.165, 1.54) is 28.3 Å². The number of aromatic nitrogens is 2. The number of thiophene rings is 1. The molecule has 7 heteroatoms. The van der Waals surface area contributed by atoms with Crippen LogP contribution in [0.15, 0.2) is 35.4 Å². The Balaban J connectivity index is 2.05. The van der Waals surface area contributed by atoms with Crippen molar-refractivity contribution in [3.63, 3.8) is 0 Å². The van der Waals surface area contributed by atoms with Crippen molar-refractivity contribution < 1.29 is 9.18 Å². The number of amides is 1. The molecule has 0 saturated carbocycles. The second kappa shape index (κ2) is 6.76. The Morgan fingerprint density at radius 2 is 2.08 bits per heavy atom. The van der Waals surface area contributed by atoms with Crippen molar-refractivity contribution in [3.05, 3.63) is 62.8 Å². The van der Waals surface area contributed by atoms with E-state index in [1.54, 1.807) is 25.1 Å². The van der Waals surface area contributed by atoms with Gasteiger partial charge in [-0.2, -0.15) is 0 Å². The molecule has 0 unspecified atom stereocenters. The molecule has 1 amide bonds. The average Bonchev–Trinajstić information content (AvgIpc) is 2.89. The Morgan fingerprint density at radius 3 is 2.76 bits per heavy atom. The molecule has 0 atom stereocenters. The summed E-state index contributed by atoms with van der Waals surface area (Å²) in [6.45, 7) is 5.59. The zero-order valence-electron chi connectivity index (χ0n) is 14.2. The molecule has 3 aromatic rings. The number of carbonyl (C=O) groups is 1. The van der Waals surface area contributed by atoms with Gasteiger partial charge in [-0.3, -0.25) is 14.2 Å². The number of halogens is 1. The number of benzene rings is 1. The number of carbonyl (C=O) groups excluding carboxylic acids is 1. The molecule has 0 aliphatic heterocycles. The predicted molar refractivity (Wildman–Crippen MR) is 96.7 cm³/mol. The lowest BCUT2D eigenvalue weighted by Crippen LogP contribution is -2.30. The van der Waals surface area contributed by atoms with E-state index in [9.17, 15) is 14.0 Å². The van der Waals surface area contributed by atoms with Gasteiger partial charge in [0.2, 0.25) is 0 Å². The van der Waals surface area contributed by atoms with Gasteiger partial charge < -0.3 is 5.32 Å². The number of hydrogen-bond donors (Lipinski definition) is 1. The van der Waals surface area contributed by atoms with Gasteiger partial charge in [-0.15, -0.1) is 11.3 Å². The predicted octanol–water partition coefficient (Wildman–Crippen LogP) is 3.09. The molecule has 1 aromatic carbocycles. The summed E-state index contributed by atoms with van der Waals surface area (Å²) in [6, 6.07) is 6.32. The molecule has 0 aliphatic rings. The van der Waals surface area contributed by atoms with Crippen LogP contribution in [0.5, 0.6) is 0 Å². The molecule has 0 saturated heterocycles. The van der Waals surface area contributed by atoms with Gasteiger partial charge in [0.05, 0.1) is 23.1 Å². The van der Waals surface area contributed by atoms with E-state index in [0.29, 0.717) is 26.2 Å². The molecule has 0 fully saturated rings. The van der Waals surface area contributed by atoms with Crippen LogP contribution in [0.3, 0.4) is 0 Å². The van der Waals surface area contributed by atoms with Crippen LogP contribution in [0.1, 0.15) is 34.6 Å². The lowest BCUT2D eigenvalue weighted by Gasteiger charge is -2.07. The first-order chi connectivity index (χ1) is 11.9. The molecular weight excluding hydrogens is 341 g/mol. The molecule has 1 N–H and O–H groups in total. The van der Waals surface area contributed by atoms with E-state index in [2.05, 4.69) is 10.3 Å². The SMILES string of the molecule is Cc1c(C(=O)NC(C)C)sc2ncn(Cc3ccccc3F)c(=O)c12. The standard InChI is InChI=1S/C18H18FN3O2S/c1-10(2)21-16(23)15-11(3)14-17(25-15)20-9-22(18(14)24)8-12-6-4-5-7-13(12)19/h4-7,9-10H,8H2,1-3H3,(H,21,23). The van der Waals surface area contributed by atoms with Crippen LogP contribution in [0.4, 0.5) is 4.39 Å². The normalized spacial score (nSPS) is 11.2. The Hall–Kier alpha value is -2.54. The fourth-order valence-electron chi connectivity index (χ4n) is 2.63. The van der Waals surface area contributed by atoms with Crippen molar-refractivity contribution in [2.24, 2.45) is 0 Å². The monoisotopic (exact) mass is 359 g/mol. The van der Waals surface area contributed by atoms with Gasteiger partial charge in [0.25, 0.3) is 11.5 Å². The van der Waals surface area contributed by atoms with Crippen molar-refractivity contribution in [1.82, 2.24) is 14.9 Å². The molecular formula is C18H18FN3O2S. The average molecular weight is 359 g/mol. The summed E-state index contributed by atoms with van der Waals surface area (Å²) in [6.07, 6.45) is 1.40. The highest BCUT2D eigenvalue weighted by molar-refractivity contribution is 7.20. The molecule has 130 valence electrons. The smallest absolute Gasteiger partial charge is 0.262 e. The van der Waals surface area contributed by atoms with E-state index >= 15 is 0 Å². The molecule has 5 nitrogen and oxygen atoms in total. The first-order valence-electron chi connectivity index (χ1n) is 7.91. The van der Waals surface area contributed by atoms with Crippen molar-refractivity contribution >= 4 is 27.5 Å². The third-order valence-corrected chi connectivity index (χ3v) is 5.04. The summed E-state index contributed by atoms with van der Waals surface area (Å²) in [5, 5.41) is 3.24. The van der Waals surface area contributed by atoms with Gasteiger partial charge in [-0.1, -0.05) is 18.2 Å². The summed E-state index contributed by atoms with van der Waals surface area (Å²) in [5.41, 5.74) is 0.751. The fraction of sp³-hybridized carbons (Fsp3) is 0.278. The summed E-state index contributed by atoms with van der Waals surface area (Å²) in [5.74, 6) is -0.580. The number of nitrogens with one attached hydrogen (secondary N) is 1. The first kappa shape index (κ1) is 17.3. The van der Waals surface area contributed by atoms with E-state index in [1.807, 2.05) is 13.8 Å². The molecule has 0 spiro atoms. The maximum absolute atomic E-state index is 13.8. The number of aryl methyl sites for hydroxylation is 1. The fourth-order valence-corrected chi connectivity index (χ4v) is 3.67. The van der Waals surface area contributed by atoms with Gasteiger partial charge >= 0.3 is 0 Å². The summed E-state index contributed by atoms with van der Waals surface area (Å²) in [7, 11) is 0. The highest BCUT2D eigenvalue weighted by Crippen LogP contribution is 2.26. The highest BCUT2D eigenvalue weighted by atomic mass is 32.1. The molecule has 2 heterocycles. The molecule has 0 aliphatic carbocycles. The second-order valence-electron chi connectivity index (χ2n) is 6.13.